The van der Waals surface area contributed by atoms with Crippen LogP contribution in [0, 0.1) is 5.82 Å². The van der Waals surface area contributed by atoms with Gasteiger partial charge >= 0.3 is 0 Å². The molecule has 1 saturated heterocycles. The Morgan fingerprint density at radius 3 is 2.61 bits per heavy atom. The third kappa shape index (κ3) is 4.58. The van der Waals surface area contributed by atoms with Crippen molar-refractivity contribution >= 4 is 23.4 Å². The lowest BCUT2D eigenvalue weighted by molar-refractivity contribution is 0.101. The minimum Gasteiger partial charge on any atom is -0.497 e. The second-order valence-corrected chi connectivity index (χ2v) is 6.87. The number of halogens is 1. The van der Waals surface area contributed by atoms with Crippen molar-refractivity contribution in [2.24, 2.45) is 0 Å². The van der Waals surface area contributed by atoms with Crippen LogP contribution < -0.4 is 15.0 Å². The fourth-order valence-corrected chi connectivity index (χ4v) is 3.19. The second kappa shape index (κ2) is 9.00. The highest BCUT2D eigenvalue weighted by molar-refractivity contribution is 5.99. The number of ketones is 1. The van der Waals surface area contributed by atoms with Gasteiger partial charge in [-0.3, -0.25) is 4.79 Å². The minimum absolute atomic E-state index is 0.0259. The summed E-state index contributed by atoms with van der Waals surface area (Å²) in [7, 11) is 1.58. The van der Waals surface area contributed by atoms with E-state index in [-0.39, 0.29) is 23.1 Å². The van der Waals surface area contributed by atoms with E-state index in [0.717, 1.165) is 11.8 Å². The molecule has 2 aromatic heterocycles. The van der Waals surface area contributed by atoms with E-state index in [1.165, 1.54) is 6.92 Å². The Balaban J connectivity index is 1.66. The molecule has 0 saturated carbocycles. The van der Waals surface area contributed by atoms with Crippen molar-refractivity contribution < 1.29 is 18.7 Å². The number of nitrogens with zero attached hydrogens (tertiary/aromatic N) is 5. The van der Waals surface area contributed by atoms with E-state index in [9.17, 15) is 9.18 Å². The van der Waals surface area contributed by atoms with Gasteiger partial charge in [0.25, 0.3) is 0 Å². The quantitative estimate of drug-likeness (QED) is 0.598. The second-order valence-electron chi connectivity index (χ2n) is 6.87. The molecule has 1 aliphatic rings. The number of Topliss-reactive ketones (excluding diaryl/α,β-unsaturated/α-hetero) is 1. The zero-order valence-electron chi connectivity index (χ0n) is 17.1. The van der Waals surface area contributed by atoms with Crippen molar-refractivity contribution in [2.45, 2.75) is 6.92 Å². The highest BCUT2D eigenvalue weighted by Gasteiger charge is 2.18. The lowest BCUT2D eigenvalue weighted by atomic mass is 10.0. The van der Waals surface area contributed by atoms with Crippen molar-refractivity contribution in [1.29, 1.82) is 0 Å². The smallest absolute Gasteiger partial charge is 0.227 e. The number of benzene rings is 1. The van der Waals surface area contributed by atoms with Gasteiger partial charge in [-0.15, -0.1) is 10.2 Å². The summed E-state index contributed by atoms with van der Waals surface area (Å²) >= 11 is 0. The minimum atomic E-state index is -0.625. The van der Waals surface area contributed by atoms with Crippen LogP contribution in [-0.4, -0.2) is 59.4 Å². The Labute approximate surface area is 178 Å². The lowest BCUT2D eigenvalue weighted by Crippen LogP contribution is -2.37. The van der Waals surface area contributed by atoms with E-state index in [0.29, 0.717) is 43.6 Å². The summed E-state index contributed by atoms with van der Waals surface area (Å²) in [5, 5.41) is 10.9. The number of hydrogen-bond acceptors (Lipinski definition) is 9. The highest BCUT2D eigenvalue weighted by atomic mass is 19.1. The van der Waals surface area contributed by atoms with Crippen LogP contribution >= 0.6 is 0 Å². The van der Waals surface area contributed by atoms with Crippen molar-refractivity contribution in [3.05, 3.63) is 48.0 Å². The zero-order valence-corrected chi connectivity index (χ0v) is 17.1. The molecule has 31 heavy (non-hydrogen) atoms. The standard InChI is InChI=1S/C21H21FN6O3/c1-13(29)19-16(14-3-5-15(30-2)6-4-14)11-18(26-27-19)24-20-17(22)12-23-21(25-20)28-7-9-31-10-8-28/h3-6,11-12H,7-10H2,1-2H3,(H,23,24,25,26). The fraction of sp³-hybridized carbons (Fsp3) is 0.286. The molecule has 10 heteroatoms. The van der Waals surface area contributed by atoms with Crippen molar-refractivity contribution in [3.63, 3.8) is 0 Å². The Morgan fingerprint density at radius 1 is 1.19 bits per heavy atom. The molecule has 0 radical (unpaired) electrons. The zero-order chi connectivity index (χ0) is 21.8. The van der Waals surface area contributed by atoms with Gasteiger partial charge in [-0.1, -0.05) is 12.1 Å². The fourth-order valence-electron chi connectivity index (χ4n) is 3.19. The molecule has 1 aliphatic heterocycles. The largest absolute Gasteiger partial charge is 0.497 e. The molecule has 1 N–H and O–H groups in total. The number of carbonyl (C=O) groups excluding carboxylic acids is 1. The molecule has 3 aromatic rings. The number of aromatic nitrogens is 4. The Bertz CT molecular complexity index is 1090. The third-order valence-corrected chi connectivity index (χ3v) is 4.80. The van der Waals surface area contributed by atoms with Crippen molar-refractivity contribution in [1.82, 2.24) is 20.2 Å². The van der Waals surface area contributed by atoms with E-state index < -0.39 is 5.82 Å². The van der Waals surface area contributed by atoms with Crippen molar-refractivity contribution in [3.8, 4) is 16.9 Å². The summed E-state index contributed by atoms with van der Waals surface area (Å²) in [5.74, 6) is 0.458. The summed E-state index contributed by atoms with van der Waals surface area (Å²) in [4.78, 5) is 22.4. The molecular weight excluding hydrogens is 403 g/mol. The number of ether oxygens (including phenoxy) is 2. The SMILES string of the molecule is COc1ccc(-c2cc(Nc3nc(N4CCOCC4)ncc3F)nnc2C(C)=O)cc1. The van der Waals surface area contributed by atoms with Gasteiger partial charge in [0.2, 0.25) is 5.95 Å². The summed E-state index contributed by atoms with van der Waals surface area (Å²) in [6.07, 6.45) is 1.11. The van der Waals surface area contributed by atoms with E-state index in [2.05, 4.69) is 25.5 Å². The molecule has 4 rings (SSSR count). The molecule has 1 aromatic carbocycles. The molecule has 0 unspecified atom stereocenters. The first-order valence-electron chi connectivity index (χ1n) is 9.70. The summed E-state index contributed by atoms with van der Waals surface area (Å²) < 4.78 is 24.9. The maximum atomic E-state index is 14.4. The topological polar surface area (TPSA) is 102 Å². The van der Waals surface area contributed by atoms with Crippen LogP contribution in [0.4, 0.5) is 22.0 Å². The van der Waals surface area contributed by atoms with Gasteiger partial charge in [-0.25, -0.2) is 9.37 Å². The number of morpholine rings is 1. The van der Waals surface area contributed by atoms with Crippen LogP contribution in [0.1, 0.15) is 17.4 Å². The number of methoxy groups -OCH3 is 1. The van der Waals surface area contributed by atoms with Crippen LogP contribution in [0.15, 0.2) is 36.5 Å². The number of hydrogen-bond donors (Lipinski definition) is 1. The average Bonchev–Trinajstić information content (AvgIpc) is 2.81. The average molecular weight is 424 g/mol. The van der Waals surface area contributed by atoms with Crippen LogP contribution in [0.5, 0.6) is 5.75 Å². The van der Waals surface area contributed by atoms with E-state index >= 15 is 0 Å². The number of rotatable bonds is 6. The molecule has 0 spiro atoms. The first-order valence-corrected chi connectivity index (χ1v) is 9.70. The molecule has 160 valence electrons. The van der Waals surface area contributed by atoms with Crippen LogP contribution in [0.25, 0.3) is 11.1 Å². The van der Waals surface area contributed by atoms with Gasteiger partial charge in [0.15, 0.2) is 23.2 Å². The van der Waals surface area contributed by atoms with Crippen molar-refractivity contribution in [2.75, 3.05) is 43.6 Å². The normalized spacial score (nSPS) is 13.7. The van der Waals surface area contributed by atoms with E-state index in [1.54, 1.807) is 25.3 Å². The van der Waals surface area contributed by atoms with Crippen LogP contribution in [0.3, 0.4) is 0 Å². The Morgan fingerprint density at radius 2 is 1.94 bits per heavy atom. The lowest BCUT2D eigenvalue weighted by Gasteiger charge is -2.26. The van der Waals surface area contributed by atoms with Gasteiger partial charge in [-0.05, 0) is 23.8 Å². The third-order valence-electron chi connectivity index (χ3n) is 4.80. The first-order chi connectivity index (χ1) is 15.0. The first kappa shape index (κ1) is 20.6. The summed E-state index contributed by atoms with van der Waals surface area (Å²) in [5.41, 5.74) is 1.53. The van der Waals surface area contributed by atoms with Gasteiger partial charge < -0.3 is 19.7 Å². The number of nitrogens with one attached hydrogen (secondary N) is 1. The molecule has 0 bridgehead atoms. The Hall–Kier alpha value is -3.66. The molecular formula is C21H21FN6O3. The molecule has 0 aliphatic carbocycles. The van der Waals surface area contributed by atoms with Gasteiger partial charge in [0.05, 0.1) is 26.5 Å². The highest BCUT2D eigenvalue weighted by Crippen LogP contribution is 2.28. The molecule has 0 amide bonds. The van der Waals surface area contributed by atoms with Gasteiger partial charge in [0.1, 0.15) is 11.4 Å². The molecule has 1 fully saturated rings. The van der Waals surface area contributed by atoms with E-state index in [1.807, 2.05) is 17.0 Å². The van der Waals surface area contributed by atoms with Gasteiger partial charge in [0, 0.05) is 25.6 Å². The van der Waals surface area contributed by atoms with Crippen LogP contribution in [-0.2, 0) is 4.74 Å². The predicted octanol–water partition coefficient (Wildman–Crippen LogP) is 2.86. The maximum absolute atomic E-state index is 14.4. The molecule has 3 heterocycles. The maximum Gasteiger partial charge on any atom is 0.227 e. The molecule has 9 nitrogen and oxygen atoms in total. The summed E-state index contributed by atoms with van der Waals surface area (Å²) in [6, 6.07) is 8.83. The Kier molecular flexibility index (Phi) is 5.99. The monoisotopic (exact) mass is 424 g/mol. The van der Waals surface area contributed by atoms with Gasteiger partial charge in [-0.2, -0.15) is 4.98 Å². The number of anilines is 3. The predicted molar refractivity (Wildman–Crippen MR) is 112 cm³/mol. The summed E-state index contributed by atoms with van der Waals surface area (Å²) in [6.45, 7) is 3.79. The van der Waals surface area contributed by atoms with Crippen LogP contribution in [0.2, 0.25) is 0 Å². The molecule has 0 atom stereocenters. The number of carbonyl (C=O) groups is 1. The van der Waals surface area contributed by atoms with E-state index in [4.69, 9.17) is 9.47 Å².